The number of hydrogen-bond acceptors (Lipinski definition) is 5. The maximum Gasteiger partial charge on any atom is 0.326 e. The van der Waals surface area contributed by atoms with Crippen LogP contribution in [0.1, 0.15) is 18.0 Å². The second-order valence-electron chi connectivity index (χ2n) is 6.71. The molecular formula is C19H18Cl2N2O5S. The second kappa shape index (κ2) is 8.31. The van der Waals surface area contributed by atoms with Gasteiger partial charge in [0.15, 0.2) is 9.84 Å². The highest BCUT2D eigenvalue weighted by atomic mass is 35.5. The summed E-state index contributed by atoms with van der Waals surface area (Å²) in [5, 5.41) is 8.96. The minimum absolute atomic E-state index is 0.0435. The summed E-state index contributed by atoms with van der Waals surface area (Å²) < 4.78 is 26.0. The summed E-state index contributed by atoms with van der Waals surface area (Å²) in [6, 6.07) is 9.73. The topological polar surface area (TPSA) is 118 Å². The Balaban J connectivity index is 1.89. The fourth-order valence-corrected chi connectivity index (χ4v) is 5.69. The van der Waals surface area contributed by atoms with E-state index in [0.29, 0.717) is 10.6 Å². The fraction of sp³-hybridized carbons (Fsp3) is 0.263. The molecule has 0 saturated carbocycles. The molecule has 3 atom stereocenters. The van der Waals surface area contributed by atoms with Gasteiger partial charge in [-0.15, -0.1) is 0 Å². The molecule has 2 aromatic rings. The van der Waals surface area contributed by atoms with Crippen molar-refractivity contribution in [3.8, 4) is 0 Å². The van der Waals surface area contributed by atoms with Gasteiger partial charge in [0.05, 0.1) is 15.2 Å². The van der Waals surface area contributed by atoms with E-state index < -0.39 is 39.0 Å². The lowest BCUT2D eigenvalue weighted by atomic mass is 10.1. The van der Waals surface area contributed by atoms with Crippen LogP contribution in [0, 0.1) is 0 Å². The fourth-order valence-electron chi connectivity index (χ4n) is 3.35. The van der Waals surface area contributed by atoms with Crippen molar-refractivity contribution in [2.45, 2.75) is 28.6 Å². The van der Waals surface area contributed by atoms with E-state index in [2.05, 4.69) is 0 Å². The number of carboxylic acids is 1. The van der Waals surface area contributed by atoms with Crippen LogP contribution in [0.4, 0.5) is 0 Å². The number of halogens is 2. The first kappa shape index (κ1) is 21.6. The van der Waals surface area contributed by atoms with Crippen LogP contribution in [0.2, 0.25) is 10.0 Å². The van der Waals surface area contributed by atoms with Gasteiger partial charge in [0.1, 0.15) is 12.1 Å². The monoisotopic (exact) mass is 456 g/mol. The molecule has 2 aromatic carbocycles. The first-order valence-electron chi connectivity index (χ1n) is 8.65. The average molecular weight is 457 g/mol. The largest absolute Gasteiger partial charge is 0.480 e. The first-order chi connectivity index (χ1) is 13.6. The molecule has 1 fully saturated rings. The number of benzene rings is 2. The third kappa shape index (κ3) is 4.25. The molecule has 0 aromatic heterocycles. The summed E-state index contributed by atoms with van der Waals surface area (Å²) in [6.07, 6.45) is -0.248. The van der Waals surface area contributed by atoms with Crippen LogP contribution in [-0.2, 0) is 19.4 Å². The standard InChI is InChI=1S/C19H18Cl2N2O5S/c20-12-7-5-11(6-8-12)17(22)18(24)23-10-13(9-15(23)19(25)26)29(27,28)16-4-2-1-3-14(16)21/h1-8,13,15,17H,9-10,22H2,(H,25,26)/t13?,15?,17-/m1/s1. The molecule has 7 nitrogen and oxygen atoms in total. The van der Waals surface area contributed by atoms with Gasteiger partial charge in [-0.25, -0.2) is 13.2 Å². The number of likely N-dealkylation sites (tertiary alicyclic amines) is 1. The zero-order chi connectivity index (χ0) is 21.3. The predicted octanol–water partition coefficient (Wildman–Crippen LogP) is 2.52. The van der Waals surface area contributed by atoms with Crippen molar-refractivity contribution in [2.75, 3.05) is 6.54 Å². The lowest BCUT2D eigenvalue weighted by Crippen LogP contribution is -2.45. The molecule has 1 aliphatic heterocycles. The molecule has 10 heteroatoms. The molecule has 3 rings (SSSR count). The Morgan fingerprint density at radius 1 is 1.10 bits per heavy atom. The lowest BCUT2D eigenvalue weighted by molar-refractivity contribution is -0.148. The quantitative estimate of drug-likeness (QED) is 0.713. The van der Waals surface area contributed by atoms with Crippen LogP contribution < -0.4 is 5.73 Å². The Morgan fingerprint density at radius 2 is 1.72 bits per heavy atom. The van der Waals surface area contributed by atoms with E-state index in [0.717, 1.165) is 4.90 Å². The zero-order valence-corrected chi connectivity index (χ0v) is 17.4. The van der Waals surface area contributed by atoms with Gasteiger partial charge in [0.25, 0.3) is 0 Å². The van der Waals surface area contributed by atoms with E-state index in [1.807, 2.05) is 0 Å². The molecule has 1 heterocycles. The maximum atomic E-state index is 13.0. The third-order valence-corrected chi connectivity index (χ3v) is 7.79. The number of nitrogens with zero attached hydrogens (tertiary/aromatic N) is 1. The van der Waals surface area contributed by atoms with E-state index in [-0.39, 0.29) is 22.9 Å². The van der Waals surface area contributed by atoms with E-state index in [4.69, 9.17) is 28.9 Å². The van der Waals surface area contributed by atoms with Gasteiger partial charge in [-0.3, -0.25) is 4.79 Å². The van der Waals surface area contributed by atoms with Crippen molar-refractivity contribution in [2.24, 2.45) is 5.73 Å². The van der Waals surface area contributed by atoms with Crippen LogP contribution in [0.15, 0.2) is 53.4 Å². The average Bonchev–Trinajstić information content (AvgIpc) is 3.14. The van der Waals surface area contributed by atoms with E-state index in [1.165, 1.54) is 18.2 Å². The number of carbonyl (C=O) groups is 2. The van der Waals surface area contributed by atoms with Crippen molar-refractivity contribution in [3.05, 3.63) is 64.1 Å². The van der Waals surface area contributed by atoms with E-state index >= 15 is 0 Å². The van der Waals surface area contributed by atoms with Crippen molar-refractivity contribution >= 4 is 44.9 Å². The van der Waals surface area contributed by atoms with Gasteiger partial charge in [0, 0.05) is 11.6 Å². The molecule has 29 heavy (non-hydrogen) atoms. The van der Waals surface area contributed by atoms with Gasteiger partial charge in [-0.2, -0.15) is 0 Å². The molecule has 3 N–H and O–H groups in total. The summed E-state index contributed by atoms with van der Waals surface area (Å²) in [5.41, 5.74) is 6.47. The molecule has 0 spiro atoms. The second-order valence-corrected chi connectivity index (χ2v) is 9.75. The molecule has 1 saturated heterocycles. The zero-order valence-electron chi connectivity index (χ0n) is 15.0. The smallest absolute Gasteiger partial charge is 0.326 e. The summed E-state index contributed by atoms with van der Waals surface area (Å²) in [4.78, 5) is 25.6. The van der Waals surface area contributed by atoms with Crippen LogP contribution >= 0.6 is 23.2 Å². The maximum absolute atomic E-state index is 13.0. The number of aliphatic carboxylic acids is 1. The van der Waals surface area contributed by atoms with E-state index in [1.54, 1.807) is 30.3 Å². The highest BCUT2D eigenvalue weighted by Crippen LogP contribution is 2.33. The van der Waals surface area contributed by atoms with Crippen molar-refractivity contribution in [3.63, 3.8) is 0 Å². The van der Waals surface area contributed by atoms with Gasteiger partial charge in [0.2, 0.25) is 5.91 Å². The summed E-state index contributed by atoms with van der Waals surface area (Å²) in [6.45, 7) is -0.287. The molecule has 154 valence electrons. The number of amides is 1. The number of carbonyl (C=O) groups excluding carboxylic acids is 1. The number of nitrogens with two attached hydrogens (primary N) is 1. The Kier molecular flexibility index (Phi) is 6.19. The van der Waals surface area contributed by atoms with Crippen molar-refractivity contribution in [1.82, 2.24) is 4.90 Å². The van der Waals surface area contributed by atoms with Crippen LogP contribution in [0.25, 0.3) is 0 Å². The summed E-state index contributed by atoms with van der Waals surface area (Å²) >= 11 is 11.9. The first-order valence-corrected chi connectivity index (χ1v) is 11.0. The number of hydrogen-bond donors (Lipinski definition) is 2. The Hall–Kier alpha value is -2.13. The van der Waals surface area contributed by atoms with Gasteiger partial charge in [-0.05, 0) is 36.2 Å². The number of rotatable bonds is 5. The number of carboxylic acid groups (broad SMARTS) is 1. The Morgan fingerprint density at radius 3 is 2.31 bits per heavy atom. The minimum Gasteiger partial charge on any atom is -0.480 e. The summed E-state index contributed by atoms with van der Waals surface area (Å²) in [7, 11) is -3.95. The highest BCUT2D eigenvalue weighted by Gasteiger charge is 2.46. The molecule has 1 amide bonds. The van der Waals surface area contributed by atoms with Gasteiger partial charge < -0.3 is 15.7 Å². The van der Waals surface area contributed by atoms with Gasteiger partial charge >= 0.3 is 5.97 Å². The minimum atomic E-state index is -3.95. The van der Waals surface area contributed by atoms with Crippen LogP contribution in [0.3, 0.4) is 0 Å². The molecule has 0 bridgehead atoms. The lowest BCUT2D eigenvalue weighted by Gasteiger charge is -2.25. The molecule has 0 aliphatic carbocycles. The van der Waals surface area contributed by atoms with E-state index in [9.17, 15) is 23.1 Å². The third-order valence-electron chi connectivity index (χ3n) is 4.91. The molecule has 2 unspecified atom stereocenters. The predicted molar refractivity (Wildman–Crippen MR) is 109 cm³/mol. The van der Waals surface area contributed by atoms with Crippen molar-refractivity contribution in [1.29, 1.82) is 0 Å². The SMILES string of the molecule is N[C@@H](C(=O)N1CC(S(=O)(=O)c2ccccc2Cl)CC1C(=O)O)c1ccc(Cl)cc1. The van der Waals surface area contributed by atoms with Crippen LogP contribution in [0.5, 0.6) is 0 Å². The molecule has 1 aliphatic rings. The van der Waals surface area contributed by atoms with Crippen molar-refractivity contribution < 1.29 is 23.1 Å². The highest BCUT2D eigenvalue weighted by molar-refractivity contribution is 7.92. The van der Waals surface area contributed by atoms with Crippen LogP contribution in [-0.4, -0.2) is 48.1 Å². The molecule has 0 radical (unpaired) electrons. The Bertz CT molecular complexity index is 1040. The molecular weight excluding hydrogens is 439 g/mol. The Labute approximate surface area is 177 Å². The normalized spacial score (nSPS) is 20.4. The number of sulfone groups is 1. The van der Waals surface area contributed by atoms with Gasteiger partial charge in [-0.1, -0.05) is 47.5 Å². The summed E-state index contributed by atoms with van der Waals surface area (Å²) in [5.74, 6) is -1.96.